The number of hydrogen-bond donors (Lipinski definition) is 0. The van der Waals surface area contributed by atoms with Gasteiger partial charge in [0.25, 0.3) is 11.1 Å². The summed E-state index contributed by atoms with van der Waals surface area (Å²) in [5.41, 5.74) is -1.93. The largest absolute Gasteiger partial charge is 0.493 e. The second kappa shape index (κ2) is 7.46. The summed E-state index contributed by atoms with van der Waals surface area (Å²) < 4.78 is 21.3. The normalized spacial score (nSPS) is 10.6. The molecule has 0 N–H and O–H groups in total. The average Bonchev–Trinajstić information content (AvgIpc) is 2.71. The summed E-state index contributed by atoms with van der Waals surface area (Å²) >= 11 is 0. The molecule has 0 spiro atoms. The molecule has 0 bridgehead atoms. The van der Waals surface area contributed by atoms with E-state index in [9.17, 15) is 25.0 Å². The van der Waals surface area contributed by atoms with Gasteiger partial charge in [0.1, 0.15) is 11.0 Å². The van der Waals surface area contributed by atoms with Gasteiger partial charge in [-0.1, -0.05) is 0 Å². The van der Waals surface area contributed by atoms with Crippen LogP contribution in [-0.4, -0.2) is 31.2 Å². The van der Waals surface area contributed by atoms with E-state index < -0.39 is 21.0 Å². The maximum absolute atomic E-state index is 13.0. The maximum Gasteiger partial charge on any atom is 0.359 e. The first-order chi connectivity index (χ1) is 13.8. The van der Waals surface area contributed by atoms with Crippen LogP contribution >= 0.6 is 0 Å². The number of ether oxygens (including phenoxy) is 3. The van der Waals surface area contributed by atoms with Gasteiger partial charge < -0.3 is 18.6 Å². The lowest BCUT2D eigenvalue weighted by molar-refractivity contribution is -0.386. The van der Waals surface area contributed by atoms with Crippen molar-refractivity contribution in [3.05, 3.63) is 60.8 Å². The Morgan fingerprint density at radius 2 is 1.52 bits per heavy atom. The van der Waals surface area contributed by atoms with Gasteiger partial charge in [-0.05, 0) is 12.1 Å². The molecule has 1 aromatic heterocycles. The molecule has 0 aliphatic carbocycles. The van der Waals surface area contributed by atoms with Gasteiger partial charge in [-0.25, -0.2) is 0 Å². The number of rotatable bonds is 6. The van der Waals surface area contributed by atoms with Crippen molar-refractivity contribution in [2.45, 2.75) is 0 Å². The van der Waals surface area contributed by atoms with Crippen molar-refractivity contribution >= 4 is 22.3 Å². The van der Waals surface area contributed by atoms with E-state index in [0.29, 0.717) is 0 Å². The fourth-order valence-corrected chi connectivity index (χ4v) is 2.91. The molecule has 0 unspecified atom stereocenters. The fourth-order valence-electron chi connectivity index (χ4n) is 2.91. The molecular weight excluding hydrogens is 388 g/mol. The standard InChI is InChI=1S/C18H14N2O9/c1-26-12-8-11-13(18(28-3)17(12)27-2)15(21)14(20(24)25)16(29-11)9-4-6-10(7-5-9)19(22)23/h4-8H,1-3H3. The Balaban J connectivity index is 2.43. The van der Waals surface area contributed by atoms with Crippen LogP contribution in [0.2, 0.25) is 0 Å². The Morgan fingerprint density at radius 1 is 0.897 bits per heavy atom. The molecule has 3 aromatic rings. The van der Waals surface area contributed by atoms with Crippen molar-refractivity contribution in [2.75, 3.05) is 21.3 Å². The first-order valence-corrected chi connectivity index (χ1v) is 8.03. The minimum Gasteiger partial charge on any atom is -0.493 e. The molecule has 3 rings (SSSR count). The molecule has 0 atom stereocenters. The maximum atomic E-state index is 13.0. The predicted molar refractivity (Wildman–Crippen MR) is 101 cm³/mol. The van der Waals surface area contributed by atoms with E-state index in [1.807, 2.05) is 0 Å². The van der Waals surface area contributed by atoms with Gasteiger partial charge in [0.2, 0.25) is 11.5 Å². The van der Waals surface area contributed by atoms with E-state index in [0.717, 1.165) is 12.1 Å². The third-order valence-electron chi connectivity index (χ3n) is 4.19. The Hall–Kier alpha value is -4.15. The van der Waals surface area contributed by atoms with E-state index in [2.05, 4.69) is 0 Å². The molecule has 0 fully saturated rings. The SMILES string of the molecule is COc1cc2oc(-c3ccc([N+](=O)[O-])cc3)c([N+](=O)[O-])c(=O)c2c(OC)c1OC. The molecule has 29 heavy (non-hydrogen) atoms. The van der Waals surface area contributed by atoms with Gasteiger partial charge in [0, 0.05) is 23.8 Å². The van der Waals surface area contributed by atoms with Crippen molar-refractivity contribution < 1.29 is 28.5 Å². The van der Waals surface area contributed by atoms with E-state index in [4.69, 9.17) is 18.6 Å². The van der Waals surface area contributed by atoms with Crippen molar-refractivity contribution in [3.63, 3.8) is 0 Å². The minimum absolute atomic E-state index is 0.0385. The molecule has 2 aromatic carbocycles. The van der Waals surface area contributed by atoms with E-state index >= 15 is 0 Å². The van der Waals surface area contributed by atoms with Crippen LogP contribution in [0.3, 0.4) is 0 Å². The summed E-state index contributed by atoms with van der Waals surface area (Å²) in [5, 5.41) is 22.3. The number of hydrogen-bond acceptors (Lipinski definition) is 9. The highest BCUT2D eigenvalue weighted by molar-refractivity contribution is 5.92. The molecular formula is C18H14N2O9. The molecule has 0 aliphatic rings. The molecule has 11 nitrogen and oxygen atoms in total. The Morgan fingerprint density at radius 3 is 2.00 bits per heavy atom. The summed E-state index contributed by atoms with van der Waals surface area (Å²) in [5.74, 6) is -0.165. The van der Waals surface area contributed by atoms with Crippen molar-refractivity contribution in [1.82, 2.24) is 0 Å². The second-order valence-corrected chi connectivity index (χ2v) is 5.69. The summed E-state index contributed by atoms with van der Waals surface area (Å²) in [6.45, 7) is 0. The van der Waals surface area contributed by atoms with Crippen LogP contribution in [0, 0.1) is 20.2 Å². The van der Waals surface area contributed by atoms with E-state index in [1.54, 1.807) is 0 Å². The highest BCUT2D eigenvalue weighted by Gasteiger charge is 2.30. The zero-order valence-electron chi connectivity index (χ0n) is 15.5. The van der Waals surface area contributed by atoms with Crippen LogP contribution < -0.4 is 19.6 Å². The van der Waals surface area contributed by atoms with Gasteiger partial charge in [-0.2, -0.15) is 0 Å². The van der Waals surface area contributed by atoms with Gasteiger partial charge in [0.15, 0.2) is 11.5 Å². The molecule has 0 amide bonds. The van der Waals surface area contributed by atoms with Crippen LogP contribution in [0.25, 0.3) is 22.3 Å². The van der Waals surface area contributed by atoms with Crippen LogP contribution in [0.4, 0.5) is 11.4 Å². The van der Waals surface area contributed by atoms with Gasteiger partial charge in [0.05, 0.1) is 31.2 Å². The molecule has 11 heteroatoms. The summed E-state index contributed by atoms with van der Waals surface area (Å²) in [4.78, 5) is 34.0. The van der Waals surface area contributed by atoms with Gasteiger partial charge >= 0.3 is 5.69 Å². The summed E-state index contributed by atoms with van der Waals surface area (Å²) in [6, 6.07) is 6.16. The fraction of sp³-hybridized carbons (Fsp3) is 0.167. The number of non-ortho nitro benzene ring substituents is 1. The van der Waals surface area contributed by atoms with Crippen molar-refractivity contribution in [3.8, 4) is 28.6 Å². The quantitative estimate of drug-likeness (QED) is 0.448. The van der Waals surface area contributed by atoms with E-state index in [1.165, 1.54) is 39.5 Å². The van der Waals surface area contributed by atoms with Crippen LogP contribution in [0.1, 0.15) is 0 Å². The smallest absolute Gasteiger partial charge is 0.359 e. The number of benzene rings is 2. The Kier molecular flexibility index (Phi) is 5.05. The highest BCUT2D eigenvalue weighted by Crippen LogP contribution is 2.44. The summed E-state index contributed by atoms with van der Waals surface area (Å²) in [6.07, 6.45) is 0. The zero-order chi connectivity index (χ0) is 21.3. The second-order valence-electron chi connectivity index (χ2n) is 5.69. The lowest BCUT2D eigenvalue weighted by Crippen LogP contribution is -2.12. The first kappa shape index (κ1) is 19.6. The lowest BCUT2D eigenvalue weighted by Gasteiger charge is -2.14. The Bertz CT molecular complexity index is 1180. The van der Waals surface area contributed by atoms with Crippen LogP contribution in [-0.2, 0) is 0 Å². The molecule has 0 saturated heterocycles. The molecule has 150 valence electrons. The summed E-state index contributed by atoms with van der Waals surface area (Å²) in [7, 11) is 3.96. The number of nitrogens with zero attached hydrogens (tertiary/aromatic N) is 2. The predicted octanol–water partition coefficient (Wildman–Crippen LogP) is 3.30. The zero-order valence-corrected chi connectivity index (χ0v) is 15.5. The highest BCUT2D eigenvalue weighted by atomic mass is 16.6. The number of methoxy groups -OCH3 is 3. The van der Waals surface area contributed by atoms with Gasteiger partial charge in [-0.3, -0.25) is 25.0 Å². The molecule has 1 heterocycles. The lowest BCUT2D eigenvalue weighted by atomic mass is 10.1. The third kappa shape index (κ3) is 3.18. The Labute approximate surface area is 162 Å². The third-order valence-corrected chi connectivity index (χ3v) is 4.19. The molecule has 0 aliphatic heterocycles. The average molecular weight is 402 g/mol. The van der Waals surface area contributed by atoms with Crippen LogP contribution in [0.15, 0.2) is 39.5 Å². The first-order valence-electron chi connectivity index (χ1n) is 8.03. The number of fused-ring (bicyclic) bond motifs is 1. The monoisotopic (exact) mass is 402 g/mol. The van der Waals surface area contributed by atoms with Gasteiger partial charge in [-0.15, -0.1) is 0 Å². The topological polar surface area (TPSA) is 144 Å². The number of nitro groups is 2. The van der Waals surface area contributed by atoms with E-state index in [-0.39, 0.29) is 45.2 Å². The molecule has 0 radical (unpaired) electrons. The molecule has 0 saturated carbocycles. The minimum atomic E-state index is -0.956. The van der Waals surface area contributed by atoms with Crippen molar-refractivity contribution in [2.24, 2.45) is 0 Å². The van der Waals surface area contributed by atoms with Crippen molar-refractivity contribution in [1.29, 1.82) is 0 Å². The van der Waals surface area contributed by atoms with Crippen LogP contribution in [0.5, 0.6) is 17.2 Å². The number of nitro benzene ring substituents is 1.